The van der Waals surface area contributed by atoms with Crippen LogP contribution < -0.4 is 0 Å². The summed E-state index contributed by atoms with van der Waals surface area (Å²) in [5.74, 6) is 0.148. The van der Waals surface area contributed by atoms with Gasteiger partial charge in [0.2, 0.25) is 0 Å². The van der Waals surface area contributed by atoms with E-state index in [4.69, 9.17) is 0 Å². The van der Waals surface area contributed by atoms with Crippen molar-refractivity contribution in [1.29, 1.82) is 0 Å². The first-order valence-corrected chi connectivity index (χ1v) is 9.06. The quantitative estimate of drug-likeness (QED) is 0.864. The van der Waals surface area contributed by atoms with E-state index in [0.29, 0.717) is 5.41 Å². The van der Waals surface area contributed by atoms with Crippen LogP contribution >= 0.6 is 0 Å². The van der Waals surface area contributed by atoms with E-state index >= 15 is 0 Å². The molecule has 25 heavy (non-hydrogen) atoms. The largest absolute Gasteiger partial charge is 0.338 e. The second-order valence-electron chi connectivity index (χ2n) is 7.31. The Balaban J connectivity index is 1.34. The molecule has 2 aliphatic heterocycles. The molecule has 4 heterocycles. The zero-order valence-corrected chi connectivity index (χ0v) is 14.5. The topological polar surface area (TPSA) is 49.3 Å². The number of pyridine rings is 2. The Labute approximate surface area is 148 Å². The van der Waals surface area contributed by atoms with Gasteiger partial charge >= 0.3 is 0 Å². The van der Waals surface area contributed by atoms with E-state index in [0.717, 1.165) is 50.4 Å². The van der Waals surface area contributed by atoms with Gasteiger partial charge in [-0.05, 0) is 62.0 Å². The van der Waals surface area contributed by atoms with Gasteiger partial charge in [-0.3, -0.25) is 19.7 Å². The van der Waals surface area contributed by atoms with E-state index in [-0.39, 0.29) is 5.91 Å². The monoisotopic (exact) mass is 336 g/mol. The van der Waals surface area contributed by atoms with E-state index in [1.54, 1.807) is 12.4 Å². The highest BCUT2D eigenvalue weighted by Crippen LogP contribution is 2.40. The Morgan fingerprint density at radius 1 is 1.00 bits per heavy atom. The number of amides is 1. The van der Waals surface area contributed by atoms with E-state index in [9.17, 15) is 4.79 Å². The van der Waals surface area contributed by atoms with Gasteiger partial charge in [-0.2, -0.15) is 0 Å². The Hall–Kier alpha value is -2.27. The number of aromatic nitrogens is 2. The minimum absolute atomic E-state index is 0.148. The average molecular weight is 336 g/mol. The van der Waals surface area contributed by atoms with Crippen molar-refractivity contribution < 1.29 is 4.79 Å². The molecule has 2 aromatic heterocycles. The van der Waals surface area contributed by atoms with Crippen molar-refractivity contribution in [3.05, 3.63) is 60.2 Å². The lowest BCUT2D eigenvalue weighted by atomic mass is 9.78. The van der Waals surface area contributed by atoms with Gasteiger partial charge in [-0.1, -0.05) is 6.07 Å². The van der Waals surface area contributed by atoms with Crippen LogP contribution in [0.4, 0.5) is 0 Å². The van der Waals surface area contributed by atoms with Gasteiger partial charge < -0.3 is 4.90 Å². The molecule has 0 saturated carbocycles. The van der Waals surface area contributed by atoms with Crippen LogP contribution in [0, 0.1) is 5.41 Å². The fourth-order valence-electron chi connectivity index (χ4n) is 4.10. The number of carbonyl (C=O) groups is 1. The molecule has 1 amide bonds. The van der Waals surface area contributed by atoms with Crippen LogP contribution in [-0.2, 0) is 6.54 Å². The van der Waals surface area contributed by atoms with E-state index in [2.05, 4.69) is 20.9 Å². The molecule has 2 aliphatic rings. The van der Waals surface area contributed by atoms with Crippen molar-refractivity contribution in [1.82, 2.24) is 19.8 Å². The standard InChI is InChI=1S/C20H24N4O/c25-19(17-4-10-21-11-5-17)24-14-8-20(16-24)6-12-23(13-7-20)15-18-3-1-2-9-22-18/h1-5,9-11H,6-8,12-16H2. The predicted molar refractivity (Wildman–Crippen MR) is 95.9 cm³/mol. The van der Waals surface area contributed by atoms with Gasteiger partial charge in [0.05, 0.1) is 5.69 Å². The van der Waals surface area contributed by atoms with Crippen LogP contribution in [0.25, 0.3) is 0 Å². The molecular formula is C20H24N4O. The maximum absolute atomic E-state index is 12.7. The third-order valence-electron chi connectivity index (χ3n) is 5.68. The Morgan fingerprint density at radius 3 is 2.48 bits per heavy atom. The van der Waals surface area contributed by atoms with E-state index in [1.807, 2.05) is 35.4 Å². The van der Waals surface area contributed by atoms with Crippen LogP contribution in [0.3, 0.4) is 0 Å². The summed E-state index contributed by atoms with van der Waals surface area (Å²) in [6, 6.07) is 9.72. The highest BCUT2D eigenvalue weighted by atomic mass is 16.2. The highest BCUT2D eigenvalue weighted by Gasteiger charge is 2.42. The molecule has 2 aromatic rings. The Kier molecular flexibility index (Phi) is 4.49. The first-order valence-electron chi connectivity index (χ1n) is 9.06. The molecule has 0 atom stereocenters. The number of hydrogen-bond donors (Lipinski definition) is 0. The summed E-state index contributed by atoms with van der Waals surface area (Å²) >= 11 is 0. The Bertz CT molecular complexity index is 711. The number of likely N-dealkylation sites (tertiary alicyclic amines) is 2. The van der Waals surface area contributed by atoms with Gasteiger partial charge in [-0.25, -0.2) is 0 Å². The summed E-state index contributed by atoms with van der Waals surface area (Å²) in [6.07, 6.45) is 8.70. The molecule has 4 rings (SSSR count). The third-order valence-corrected chi connectivity index (χ3v) is 5.68. The number of hydrogen-bond acceptors (Lipinski definition) is 4. The lowest BCUT2D eigenvalue weighted by Gasteiger charge is -2.39. The minimum Gasteiger partial charge on any atom is -0.338 e. The number of piperidine rings is 1. The maximum atomic E-state index is 12.7. The summed E-state index contributed by atoms with van der Waals surface area (Å²) in [5, 5.41) is 0. The van der Waals surface area contributed by atoms with Gasteiger partial charge in [0, 0.05) is 43.8 Å². The fourth-order valence-corrected chi connectivity index (χ4v) is 4.10. The van der Waals surface area contributed by atoms with Gasteiger partial charge in [0.1, 0.15) is 0 Å². The molecule has 2 fully saturated rings. The summed E-state index contributed by atoms with van der Waals surface area (Å²) < 4.78 is 0. The van der Waals surface area contributed by atoms with Crippen molar-refractivity contribution in [2.75, 3.05) is 26.2 Å². The molecule has 130 valence electrons. The fraction of sp³-hybridized carbons (Fsp3) is 0.450. The maximum Gasteiger partial charge on any atom is 0.253 e. The van der Waals surface area contributed by atoms with Gasteiger partial charge in [0.15, 0.2) is 0 Å². The molecule has 1 spiro atoms. The first kappa shape index (κ1) is 16.2. The summed E-state index contributed by atoms with van der Waals surface area (Å²) in [5.41, 5.74) is 2.20. The average Bonchev–Trinajstić information content (AvgIpc) is 3.09. The molecule has 0 aromatic carbocycles. The summed E-state index contributed by atoms with van der Waals surface area (Å²) in [6.45, 7) is 4.88. The minimum atomic E-state index is 0.148. The molecule has 0 unspecified atom stereocenters. The van der Waals surface area contributed by atoms with E-state index < -0.39 is 0 Å². The van der Waals surface area contributed by atoms with E-state index in [1.165, 1.54) is 12.8 Å². The zero-order chi connectivity index (χ0) is 17.1. The lowest BCUT2D eigenvalue weighted by Crippen LogP contribution is -2.42. The van der Waals surface area contributed by atoms with Crippen LogP contribution in [0.2, 0.25) is 0 Å². The lowest BCUT2D eigenvalue weighted by molar-refractivity contribution is 0.0712. The third kappa shape index (κ3) is 3.56. The normalized spacial score (nSPS) is 20.1. The van der Waals surface area contributed by atoms with Crippen molar-refractivity contribution in [2.45, 2.75) is 25.8 Å². The van der Waals surface area contributed by atoms with Crippen molar-refractivity contribution in [3.8, 4) is 0 Å². The molecule has 0 bridgehead atoms. The van der Waals surface area contributed by atoms with Crippen LogP contribution in [-0.4, -0.2) is 51.9 Å². The predicted octanol–water partition coefficient (Wildman–Crippen LogP) is 2.60. The van der Waals surface area contributed by atoms with Crippen molar-refractivity contribution in [2.24, 2.45) is 5.41 Å². The zero-order valence-electron chi connectivity index (χ0n) is 14.5. The van der Waals surface area contributed by atoms with Crippen LogP contribution in [0.1, 0.15) is 35.3 Å². The smallest absolute Gasteiger partial charge is 0.253 e. The second kappa shape index (κ2) is 6.92. The van der Waals surface area contributed by atoms with Crippen LogP contribution in [0.15, 0.2) is 48.9 Å². The SMILES string of the molecule is O=C(c1ccncc1)N1CCC2(CCN(Cc3ccccn3)CC2)C1. The molecule has 0 radical (unpaired) electrons. The molecule has 5 heteroatoms. The molecule has 0 aliphatic carbocycles. The van der Waals surface area contributed by atoms with Crippen molar-refractivity contribution >= 4 is 5.91 Å². The summed E-state index contributed by atoms with van der Waals surface area (Å²) in [4.78, 5) is 25.6. The molecular weight excluding hydrogens is 312 g/mol. The summed E-state index contributed by atoms with van der Waals surface area (Å²) in [7, 11) is 0. The van der Waals surface area contributed by atoms with Gasteiger partial charge in [-0.15, -0.1) is 0 Å². The molecule has 2 saturated heterocycles. The Morgan fingerprint density at radius 2 is 1.76 bits per heavy atom. The second-order valence-corrected chi connectivity index (χ2v) is 7.31. The van der Waals surface area contributed by atoms with Crippen molar-refractivity contribution in [3.63, 3.8) is 0 Å². The first-order chi connectivity index (χ1) is 12.2. The van der Waals surface area contributed by atoms with Gasteiger partial charge in [0.25, 0.3) is 5.91 Å². The number of nitrogens with zero attached hydrogens (tertiary/aromatic N) is 4. The molecule has 5 nitrogen and oxygen atoms in total. The molecule has 0 N–H and O–H groups in total. The number of carbonyl (C=O) groups excluding carboxylic acids is 1. The number of rotatable bonds is 3. The van der Waals surface area contributed by atoms with Crippen LogP contribution in [0.5, 0.6) is 0 Å². The highest BCUT2D eigenvalue weighted by molar-refractivity contribution is 5.94.